The van der Waals surface area contributed by atoms with Crippen LogP contribution in [0.5, 0.6) is 0 Å². The van der Waals surface area contributed by atoms with Gasteiger partial charge in [0.1, 0.15) is 12.1 Å². The summed E-state index contributed by atoms with van der Waals surface area (Å²) >= 11 is 0. The molecule has 4 rings (SSSR count). The van der Waals surface area contributed by atoms with Gasteiger partial charge in [-0.1, -0.05) is 61.4 Å². The zero-order valence-electron chi connectivity index (χ0n) is 21.4. The molecule has 2 aromatic rings. The van der Waals surface area contributed by atoms with Crippen LogP contribution in [0.15, 0.2) is 65.6 Å². The highest BCUT2D eigenvalue weighted by molar-refractivity contribution is 7.89. The molecular weight excluding hydrogens is 524 g/mol. The highest BCUT2D eigenvalue weighted by Crippen LogP contribution is 2.28. The summed E-state index contributed by atoms with van der Waals surface area (Å²) in [6.07, 6.45) is 1.52. The normalized spacial score (nSPS) is 18.4. The second-order valence-corrected chi connectivity index (χ2v) is 11.8. The van der Waals surface area contributed by atoms with Crippen molar-refractivity contribution >= 4 is 33.6 Å². The van der Waals surface area contributed by atoms with Gasteiger partial charge in [0.05, 0.1) is 17.5 Å². The lowest BCUT2D eigenvalue weighted by Gasteiger charge is -2.37. The van der Waals surface area contributed by atoms with Gasteiger partial charge in [-0.2, -0.15) is 0 Å². The maximum atomic E-state index is 13.6. The predicted molar refractivity (Wildman–Crippen MR) is 138 cm³/mol. The fraction of sp³-hybridized carbons (Fsp3) is 0.429. The van der Waals surface area contributed by atoms with Crippen molar-refractivity contribution in [2.45, 2.75) is 55.5 Å². The summed E-state index contributed by atoms with van der Waals surface area (Å²) in [5, 5.41) is 12.2. The molecule has 39 heavy (non-hydrogen) atoms. The minimum absolute atomic E-state index is 0.00484. The number of amides is 2. The lowest BCUT2D eigenvalue weighted by atomic mass is 9.96. The number of hydrogen-bond acceptors (Lipinski definition) is 8. The molecule has 1 aliphatic carbocycles. The monoisotopic (exact) mass is 555 g/mol. The number of nitrogens with zero attached hydrogens (tertiary/aromatic N) is 2. The quantitative estimate of drug-likeness (QED) is 0.301. The predicted octanol–water partition coefficient (Wildman–Crippen LogP) is 1.58. The average Bonchev–Trinajstić information content (AvgIpc) is 3.66. The third-order valence-electron chi connectivity index (χ3n) is 7.29. The molecule has 2 aliphatic rings. The molecule has 0 aromatic heterocycles. The van der Waals surface area contributed by atoms with Gasteiger partial charge in [0.25, 0.3) is 15.8 Å². The largest absolute Gasteiger partial charge is 0.530 e. The number of hydrogen-bond donors (Lipinski definition) is 0. The van der Waals surface area contributed by atoms with E-state index in [4.69, 9.17) is 4.74 Å². The Bertz CT molecular complexity index is 1290. The van der Waals surface area contributed by atoms with Crippen molar-refractivity contribution in [3.63, 3.8) is 0 Å². The molecule has 0 N–H and O–H groups in total. The molecule has 10 nitrogen and oxygen atoms in total. The summed E-state index contributed by atoms with van der Waals surface area (Å²) < 4.78 is 32.8. The summed E-state index contributed by atoms with van der Waals surface area (Å²) in [7, 11) is -4.45. The fourth-order valence-electron chi connectivity index (χ4n) is 5.23. The van der Waals surface area contributed by atoms with Gasteiger partial charge in [0, 0.05) is 19.6 Å². The summed E-state index contributed by atoms with van der Waals surface area (Å²) in [6, 6.07) is 13.4. The van der Waals surface area contributed by atoms with Gasteiger partial charge >= 0.3 is 5.91 Å². The molecule has 1 heterocycles. The van der Waals surface area contributed by atoms with E-state index in [1.165, 1.54) is 24.3 Å². The topological polar surface area (TPSA) is 141 Å². The van der Waals surface area contributed by atoms with E-state index in [2.05, 4.69) is 0 Å². The van der Waals surface area contributed by atoms with Crippen LogP contribution in [0, 0.1) is 5.92 Å². The van der Waals surface area contributed by atoms with E-state index in [1.807, 2.05) is 0 Å². The van der Waals surface area contributed by atoms with Crippen molar-refractivity contribution in [3.8, 4) is 0 Å². The SMILES string of the molecule is O=C(C(=O)C(Cc1ccccc1)N(C(=O)[O-])[C@H]1CCOC1)C(=O)N(CC1CCCC1)S(=O)(=O)c1ccccc1. The highest BCUT2D eigenvalue weighted by Gasteiger charge is 2.43. The Morgan fingerprint density at radius 3 is 2.10 bits per heavy atom. The fourth-order valence-corrected chi connectivity index (χ4v) is 6.70. The Labute approximate surface area is 227 Å². The Hall–Kier alpha value is -3.57. The van der Waals surface area contributed by atoms with E-state index in [1.54, 1.807) is 36.4 Å². The van der Waals surface area contributed by atoms with Crippen molar-refractivity contribution in [1.29, 1.82) is 0 Å². The van der Waals surface area contributed by atoms with Gasteiger partial charge < -0.3 is 19.5 Å². The van der Waals surface area contributed by atoms with Crippen molar-refractivity contribution in [2.24, 2.45) is 5.92 Å². The number of carbonyl (C=O) groups is 4. The molecule has 11 heteroatoms. The van der Waals surface area contributed by atoms with E-state index >= 15 is 0 Å². The second-order valence-electron chi connectivity index (χ2n) is 9.89. The molecule has 0 radical (unpaired) electrons. The van der Waals surface area contributed by atoms with Crippen molar-refractivity contribution in [2.75, 3.05) is 19.8 Å². The molecular formula is C28H31N2O8S-. The van der Waals surface area contributed by atoms with Crippen LogP contribution in [0.4, 0.5) is 4.79 Å². The summed E-state index contributed by atoms with van der Waals surface area (Å²) in [5.74, 6) is -4.53. The van der Waals surface area contributed by atoms with Crippen LogP contribution in [0.1, 0.15) is 37.7 Å². The van der Waals surface area contributed by atoms with E-state index in [-0.39, 0.29) is 43.4 Å². The maximum absolute atomic E-state index is 13.6. The van der Waals surface area contributed by atoms with Gasteiger partial charge in [0.15, 0.2) is 0 Å². The number of sulfonamides is 1. The Morgan fingerprint density at radius 2 is 1.54 bits per heavy atom. The molecule has 2 atom stereocenters. The van der Waals surface area contributed by atoms with Crippen LogP contribution >= 0.6 is 0 Å². The summed E-state index contributed by atoms with van der Waals surface area (Å²) in [4.78, 5) is 53.4. The number of carbonyl (C=O) groups excluding carboxylic acids is 4. The van der Waals surface area contributed by atoms with Crippen LogP contribution in [-0.4, -0.2) is 73.0 Å². The number of ether oxygens (including phenoxy) is 1. The van der Waals surface area contributed by atoms with E-state index in [9.17, 15) is 32.7 Å². The Balaban J connectivity index is 1.68. The van der Waals surface area contributed by atoms with Gasteiger partial charge in [-0.25, -0.2) is 12.7 Å². The second kappa shape index (κ2) is 12.5. The number of benzene rings is 2. The van der Waals surface area contributed by atoms with Crippen LogP contribution < -0.4 is 5.11 Å². The molecule has 1 saturated heterocycles. The highest BCUT2D eigenvalue weighted by atomic mass is 32.2. The van der Waals surface area contributed by atoms with Crippen LogP contribution in [0.3, 0.4) is 0 Å². The number of rotatable bonds is 11. The minimum atomic E-state index is -4.45. The zero-order valence-corrected chi connectivity index (χ0v) is 22.3. The third-order valence-corrected chi connectivity index (χ3v) is 9.06. The van der Waals surface area contributed by atoms with E-state index in [0.717, 1.165) is 17.7 Å². The maximum Gasteiger partial charge on any atom is 0.311 e. The van der Waals surface area contributed by atoms with Gasteiger partial charge in [0.2, 0.25) is 5.78 Å². The first-order valence-electron chi connectivity index (χ1n) is 13.0. The first-order chi connectivity index (χ1) is 18.7. The first kappa shape index (κ1) is 28.4. The van der Waals surface area contributed by atoms with Gasteiger partial charge in [-0.15, -0.1) is 0 Å². The Kier molecular flexibility index (Phi) is 9.13. The van der Waals surface area contributed by atoms with Crippen LogP contribution in [-0.2, 0) is 35.6 Å². The lowest BCUT2D eigenvalue weighted by molar-refractivity contribution is -0.270. The van der Waals surface area contributed by atoms with Crippen LogP contribution in [0.2, 0.25) is 0 Å². The molecule has 2 aromatic carbocycles. The zero-order chi connectivity index (χ0) is 28.0. The first-order valence-corrected chi connectivity index (χ1v) is 14.5. The number of ketones is 2. The minimum Gasteiger partial charge on any atom is -0.530 e. The van der Waals surface area contributed by atoms with Crippen molar-refractivity contribution in [3.05, 3.63) is 66.2 Å². The average molecular weight is 556 g/mol. The molecule has 0 bridgehead atoms. The third kappa shape index (κ3) is 6.54. The molecule has 2 amide bonds. The molecule has 1 unspecified atom stereocenters. The van der Waals surface area contributed by atoms with Crippen molar-refractivity contribution < 1.29 is 37.4 Å². The van der Waals surface area contributed by atoms with E-state index in [0.29, 0.717) is 22.7 Å². The van der Waals surface area contributed by atoms with Gasteiger partial charge in [-0.05, 0) is 42.9 Å². The Morgan fingerprint density at radius 1 is 0.923 bits per heavy atom. The number of carboxylic acid groups (broad SMARTS) is 1. The van der Waals surface area contributed by atoms with E-state index < -0.39 is 45.7 Å². The molecule has 0 spiro atoms. The summed E-state index contributed by atoms with van der Waals surface area (Å²) in [6.45, 7) is 0.0298. The summed E-state index contributed by atoms with van der Waals surface area (Å²) in [5.41, 5.74) is 0.556. The van der Waals surface area contributed by atoms with Gasteiger partial charge in [-0.3, -0.25) is 14.4 Å². The number of Topliss-reactive ketones (excluding diaryl/α,β-unsaturated/α-hetero) is 2. The smallest absolute Gasteiger partial charge is 0.311 e. The molecule has 208 valence electrons. The standard InChI is InChI=1S/C28H32N2O8S/c31-25(24(17-20-9-3-1-4-10-20)30(28(34)35)22-15-16-38-19-22)26(32)27(33)29(18-21-11-7-8-12-21)39(36,37)23-13-5-2-6-14-23/h1-6,9-10,13-14,21-22,24H,7-8,11-12,15-19H2,(H,34,35)/p-1/t22-,24?/m0/s1. The van der Waals surface area contributed by atoms with Crippen LogP contribution in [0.25, 0.3) is 0 Å². The van der Waals surface area contributed by atoms with Crippen molar-refractivity contribution in [1.82, 2.24) is 9.21 Å². The lowest BCUT2D eigenvalue weighted by Crippen LogP contribution is -2.59. The molecule has 1 aliphatic heterocycles. The molecule has 2 fully saturated rings. The molecule has 1 saturated carbocycles.